The predicted molar refractivity (Wildman–Crippen MR) is 166 cm³/mol. The van der Waals surface area contributed by atoms with Crippen molar-refractivity contribution >= 4 is 17.5 Å². The number of H-pyrrole nitrogens is 1. The Hall–Kier alpha value is -5.03. The van der Waals surface area contributed by atoms with Crippen LogP contribution in [0.15, 0.2) is 64.3 Å². The number of rotatable bonds is 9. The number of halogens is 1. The van der Waals surface area contributed by atoms with Crippen molar-refractivity contribution in [2.24, 2.45) is 7.05 Å². The number of carbonyl (C=O) groups is 2. The molecule has 2 amide bonds. The van der Waals surface area contributed by atoms with Gasteiger partial charge in [0.2, 0.25) is 5.91 Å². The molecule has 1 atom stereocenters. The van der Waals surface area contributed by atoms with Crippen LogP contribution in [0, 0.1) is 19.7 Å². The number of anilines is 1. The van der Waals surface area contributed by atoms with Crippen molar-refractivity contribution in [1.82, 2.24) is 20.2 Å². The van der Waals surface area contributed by atoms with Crippen molar-refractivity contribution < 1.29 is 18.7 Å². The van der Waals surface area contributed by atoms with Crippen LogP contribution in [0.2, 0.25) is 0 Å². The highest BCUT2D eigenvalue weighted by atomic mass is 19.1. The van der Waals surface area contributed by atoms with E-state index in [-0.39, 0.29) is 24.1 Å². The molecular weight excluding hydrogens is 565 g/mol. The monoisotopic (exact) mass is 599 g/mol. The number of hydrogen-bond acceptors (Lipinski definition) is 6. The third-order valence-corrected chi connectivity index (χ3v) is 8.09. The summed E-state index contributed by atoms with van der Waals surface area (Å²) in [6.07, 6.45) is 2.37. The fourth-order valence-corrected chi connectivity index (χ4v) is 5.54. The van der Waals surface area contributed by atoms with Gasteiger partial charge in [0.1, 0.15) is 17.1 Å². The third-order valence-electron chi connectivity index (χ3n) is 8.09. The topological polar surface area (TPSA) is 134 Å². The molecule has 11 heteroatoms. The molecule has 10 nitrogen and oxygen atoms in total. The highest BCUT2D eigenvalue weighted by Gasteiger charge is 2.21. The zero-order valence-electron chi connectivity index (χ0n) is 25.0. The van der Waals surface area contributed by atoms with E-state index in [4.69, 9.17) is 4.74 Å². The van der Waals surface area contributed by atoms with Gasteiger partial charge in [-0.2, -0.15) is 0 Å². The van der Waals surface area contributed by atoms with Crippen molar-refractivity contribution in [2.45, 2.75) is 39.3 Å². The Morgan fingerprint density at radius 1 is 1.05 bits per heavy atom. The van der Waals surface area contributed by atoms with Crippen molar-refractivity contribution in [3.8, 4) is 28.0 Å². The molecule has 0 bridgehead atoms. The van der Waals surface area contributed by atoms with E-state index in [1.807, 2.05) is 44.2 Å². The van der Waals surface area contributed by atoms with Gasteiger partial charge in [-0.05, 0) is 71.8 Å². The first-order chi connectivity index (χ1) is 21.1. The Morgan fingerprint density at radius 2 is 1.75 bits per heavy atom. The molecule has 1 fully saturated rings. The standard InChI is InChI=1S/C33H34FN5O5/c1-18-22(20-13-27(34)25(29(14-20)44-4)16-35-15-21-11-12-30(40)37-21)7-5-8-23(18)24-9-6-10-28(19(24)2)38-31(41)26-17-36-33(43)39(3)32(26)42/h5-10,13-14,17,21,35H,11-12,15-16H2,1-4H3,(H,36,43)(H,37,40)(H,38,41)/t21-/m0/s1. The van der Waals surface area contributed by atoms with E-state index >= 15 is 4.39 Å². The number of ether oxygens (including phenoxy) is 1. The molecule has 1 aliphatic heterocycles. The van der Waals surface area contributed by atoms with Gasteiger partial charge in [-0.25, -0.2) is 9.18 Å². The molecule has 44 heavy (non-hydrogen) atoms. The van der Waals surface area contributed by atoms with Gasteiger partial charge in [-0.15, -0.1) is 0 Å². The van der Waals surface area contributed by atoms with E-state index < -0.39 is 23.0 Å². The van der Waals surface area contributed by atoms with Gasteiger partial charge in [-0.3, -0.25) is 19.0 Å². The van der Waals surface area contributed by atoms with Crippen LogP contribution in [-0.4, -0.2) is 41.1 Å². The first kappa shape index (κ1) is 30.4. The van der Waals surface area contributed by atoms with Crippen molar-refractivity contribution in [3.63, 3.8) is 0 Å². The number of carbonyl (C=O) groups excluding carboxylic acids is 2. The highest BCUT2D eigenvalue weighted by molar-refractivity contribution is 6.04. The molecule has 3 aromatic carbocycles. The summed E-state index contributed by atoms with van der Waals surface area (Å²) in [6.45, 7) is 4.61. The number of hydrogen-bond donors (Lipinski definition) is 4. The van der Waals surface area contributed by atoms with E-state index in [0.717, 1.165) is 45.0 Å². The minimum absolute atomic E-state index is 0.0343. The molecule has 0 spiro atoms. The Morgan fingerprint density at radius 3 is 2.45 bits per heavy atom. The maximum absolute atomic E-state index is 15.5. The number of aromatic nitrogens is 2. The second-order valence-corrected chi connectivity index (χ2v) is 10.9. The van der Waals surface area contributed by atoms with Gasteiger partial charge in [0.15, 0.2) is 0 Å². The summed E-state index contributed by atoms with van der Waals surface area (Å²) >= 11 is 0. The Kier molecular flexibility index (Phi) is 8.77. The lowest BCUT2D eigenvalue weighted by Gasteiger charge is -2.18. The molecule has 0 unspecified atom stereocenters. The molecule has 1 aliphatic rings. The molecule has 0 aliphatic carbocycles. The molecule has 0 radical (unpaired) electrons. The van der Waals surface area contributed by atoms with E-state index in [2.05, 4.69) is 20.9 Å². The van der Waals surface area contributed by atoms with Crippen molar-refractivity contribution in [2.75, 3.05) is 19.0 Å². The summed E-state index contributed by atoms with van der Waals surface area (Å²) in [6, 6.07) is 14.6. The molecule has 0 saturated carbocycles. The van der Waals surface area contributed by atoms with Crippen LogP contribution in [0.5, 0.6) is 5.75 Å². The van der Waals surface area contributed by atoms with Gasteiger partial charge >= 0.3 is 5.69 Å². The number of aromatic amines is 1. The molecule has 1 aromatic heterocycles. The maximum Gasteiger partial charge on any atom is 0.328 e. The van der Waals surface area contributed by atoms with Crippen molar-refractivity contribution in [1.29, 1.82) is 0 Å². The van der Waals surface area contributed by atoms with Crippen LogP contribution in [0.4, 0.5) is 10.1 Å². The van der Waals surface area contributed by atoms with Gasteiger partial charge in [-0.1, -0.05) is 30.3 Å². The van der Waals surface area contributed by atoms with E-state index in [9.17, 15) is 19.2 Å². The fraction of sp³-hybridized carbons (Fsp3) is 0.273. The zero-order valence-corrected chi connectivity index (χ0v) is 25.0. The molecule has 5 rings (SSSR count). The quantitative estimate of drug-likeness (QED) is 0.231. The van der Waals surface area contributed by atoms with Crippen LogP contribution in [0.1, 0.15) is 39.9 Å². The average molecular weight is 600 g/mol. The fourth-order valence-electron chi connectivity index (χ4n) is 5.54. The SMILES string of the molecule is COc1cc(-c2cccc(-c3cccc(NC(=O)c4c[nH]c(=O)n(C)c4=O)c3C)c2C)cc(F)c1CNC[C@@H]1CCC(=O)N1. The molecular formula is C33H34FN5O5. The Labute approximate surface area is 253 Å². The summed E-state index contributed by atoms with van der Waals surface area (Å²) in [5.41, 5.74) is 4.30. The smallest absolute Gasteiger partial charge is 0.328 e. The number of nitrogens with zero attached hydrogens (tertiary/aromatic N) is 1. The van der Waals surface area contributed by atoms with Crippen LogP contribution in [-0.2, 0) is 18.4 Å². The van der Waals surface area contributed by atoms with E-state index in [0.29, 0.717) is 35.5 Å². The Bertz CT molecular complexity index is 1880. The normalized spacial score (nSPS) is 14.4. The molecule has 1 saturated heterocycles. The zero-order chi connectivity index (χ0) is 31.5. The molecule has 4 N–H and O–H groups in total. The highest BCUT2D eigenvalue weighted by Crippen LogP contribution is 2.37. The van der Waals surface area contributed by atoms with Crippen LogP contribution in [0.25, 0.3) is 22.3 Å². The first-order valence-corrected chi connectivity index (χ1v) is 14.3. The summed E-state index contributed by atoms with van der Waals surface area (Å²) in [5.74, 6) is -0.590. The first-order valence-electron chi connectivity index (χ1n) is 14.3. The second kappa shape index (κ2) is 12.7. The number of amides is 2. The second-order valence-electron chi connectivity index (χ2n) is 10.9. The average Bonchev–Trinajstić information content (AvgIpc) is 3.42. The number of nitrogens with one attached hydrogen (secondary N) is 4. The van der Waals surface area contributed by atoms with Gasteiger partial charge in [0.05, 0.1) is 7.11 Å². The Balaban J connectivity index is 1.42. The number of methoxy groups -OCH3 is 1. The van der Waals surface area contributed by atoms with Crippen LogP contribution < -0.4 is 31.9 Å². The molecule has 2 heterocycles. The summed E-state index contributed by atoms with van der Waals surface area (Å²) < 4.78 is 21.9. The van der Waals surface area contributed by atoms with Gasteiger partial charge in [0, 0.05) is 50.0 Å². The maximum atomic E-state index is 15.5. The largest absolute Gasteiger partial charge is 0.496 e. The summed E-state index contributed by atoms with van der Waals surface area (Å²) in [5, 5.41) is 8.91. The van der Waals surface area contributed by atoms with Gasteiger partial charge < -0.3 is 25.7 Å². The minimum atomic E-state index is -0.699. The lowest BCUT2D eigenvalue weighted by molar-refractivity contribution is -0.119. The van der Waals surface area contributed by atoms with Crippen molar-refractivity contribution in [3.05, 3.63) is 104 Å². The lowest BCUT2D eigenvalue weighted by Crippen LogP contribution is -2.37. The van der Waals surface area contributed by atoms with Crippen LogP contribution in [0.3, 0.4) is 0 Å². The molecule has 4 aromatic rings. The summed E-state index contributed by atoms with van der Waals surface area (Å²) in [4.78, 5) is 50.9. The summed E-state index contributed by atoms with van der Waals surface area (Å²) in [7, 11) is 2.80. The third kappa shape index (κ3) is 6.04. The van der Waals surface area contributed by atoms with Gasteiger partial charge in [0.25, 0.3) is 11.5 Å². The number of benzene rings is 3. The van der Waals surface area contributed by atoms with E-state index in [1.165, 1.54) is 20.2 Å². The molecule has 228 valence electrons. The van der Waals surface area contributed by atoms with Crippen LogP contribution >= 0.6 is 0 Å². The van der Waals surface area contributed by atoms with E-state index in [1.54, 1.807) is 12.1 Å². The predicted octanol–water partition coefficient (Wildman–Crippen LogP) is 3.79. The lowest BCUT2D eigenvalue weighted by atomic mass is 9.90. The minimum Gasteiger partial charge on any atom is -0.496 e.